The van der Waals surface area contributed by atoms with Crippen LogP contribution in [0.5, 0.6) is 0 Å². The van der Waals surface area contributed by atoms with E-state index in [-0.39, 0.29) is 11.8 Å². The van der Waals surface area contributed by atoms with Crippen molar-refractivity contribution in [2.24, 2.45) is 5.92 Å². The van der Waals surface area contributed by atoms with Crippen molar-refractivity contribution in [3.63, 3.8) is 0 Å². The predicted molar refractivity (Wildman–Crippen MR) is 85.1 cm³/mol. The second kappa shape index (κ2) is 8.14. The van der Waals surface area contributed by atoms with Crippen LogP contribution in [0, 0.1) is 5.92 Å². The summed E-state index contributed by atoms with van der Waals surface area (Å²) in [6.45, 7) is 2.12. The molecule has 114 valence electrons. The van der Waals surface area contributed by atoms with E-state index in [1.54, 1.807) is 12.1 Å². The van der Waals surface area contributed by atoms with Crippen LogP contribution in [0.4, 0.5) is 0 Å². The third-order valence-corrected chi connectivity index (χ3v) is 3.73. The van der Waals surface area contributed by atoms with Crippen LogP contribution in [0.15, 0.2) is 28.7 Å². The summed E-state index contributed by atoms with van der Waals surface area (Å²) in [5.74, 6) is 0.590. The Morgan fingerprint density at radius 1 is 1.19 bits per heavy atom. The lowest BCUT2D eigenvalue weighted by atomic mass is 10.2. The van der Waals surface area contributed by atoms with Crippen molar-refractivity contribution >= 4 is 27.7 Å². The zero-order valence-electron chi connectivity index (χ0n) is 11.8. The van der Waals surface area contributed by atoms with E-state index in [0.29, 0.717) is 25.2 Å². The van der Waals surface area contributed by atoms with Gasteiger partial charge in [0.1, 0.15) is 0 Å². The maximum Gasteiger partial charge on any atom is 0.251 e. The summed E-state index contributed by atoms with van der Waals surface area (Å²) in [5.41, 5.74) is 0.599. The van der Waals surface area contributed by atoms with Crippen molar-refractivity contribution < 1.29 is 9.59 Å². The standard InChI is InChI=1S/C15H20BrN3O2/c16-13-3-1-2-12(8-13)15(21)19-7-6-18-14(20)10-17-9-11-4-5-11/h1-3,8,11,17H,4-7,9-10H2,(H,18,20)(H,19,21). The monoisotopic (exact) mass is 353 g/mol. The van der Waals surface area contributed by atoms with E-state index in [4.69, 9.17) is 0 Å². The molecule has 5 nitrogen and oxygen atoms in total. The van der Waals surface area contributed by atoms with Gasteiger partial charge in [-0.05, 0) is 43.5 Å². The Kier molecular flexibility index (Phi) is 6.20. The van der Waals surface area contributed by atoms with Crippen LogP contribution < -0.4 is 16.0 Å². The molecule has 0 saturated heterocycles. The van der Waals surface area contributed by atoms with E-state index in [9.17, 15) is 9.59 Å². The highest BCUT2D eigenvalue weighted by molar-refractivity contribution is 9.10. The molecule has 0 radical (unpaired) electrons. The lowest BCUT2D eigenvalue weighted by Gasteiger charge is -2.08. The Labute approximate surface area is 133 Å². The summed E-state index contributed by atoms with van der Waals surface area (Å²) in [6, 6.07) is 7.19. The van der Waals surface area contributed by atoms with Gasteiger partial charge in [-0.3, -0.25) is 9.59 Å². The Morgan fingerprint density at radius 3 is 2.67 bits per heavy atom. The van der Waals surface area contributed by atoms with Crippen molar-refractivity contribution in [2.75, 3.05) is 26.2 Å². The molecule has 0 aliphatic heterocycles. The Bertz CT molecular complexity index is 503. The molecule has 0 unspecified atom stereocenters. The first-order valence-corrected chi connectivity index (χ1v) is 7.95. The first-order valence-electron chi connectivity index (χ1n) is 7.16. The van der Waals surface area contributed by atoms with Gasteiger partial charge in [-0.1, -0.05) is 22.0 Å². The largest absolute Gasteiger partial charge is 0.353 e. The molecule has 0 aromatic heterocycles. The van der Waals surface area contributed by atoms with Gasteiger partial charge in [-0.15, -0.1) is 0 Å². The Balaban J connectivity index is 1.56. The van der Waals surface area contributed by atoms with E-state index in [1.165, 1.54) is 12.8 Å². The predicted octanol–water partition coefficient (Wildman–Crippen LogP) is 1.29. The summed E-state index contributed by atoms with van der Waals surface area (Å²) in [4.78, 5) is 23.4. The molecule has 1 fully saturated rings. The van der Waals surface area contributed by atoms with Gasteiger partial charge in [-0.25, -0.2) is 0 Å². The molecule has 0 atom stereocenters. The number of hydrogen-bond acceptors (Lipinski definition) is 3. The third-order valence-electron chi connectivity index (χ3n) is 3.24. The number of rotatable bonds is 8. The molecule has 3 N–H and O–H groups in total. The van der Waals surface area contributed by atoms with Crippen molar-refractivity contribution in [3.8, 4) is 0 Å². The minimum absolute atomic E-state index is 0.0349. The highest BCUT2D eigenvalue weighted by atomic mass is 79.9. The van der Waals surface area contributed by atoms with Crippen LogP contribution in [0.1, 0.15) is 23.2 Å². The first-order chi connectivity index (χ1) is 10.1. The number of carbonyl (C=O) groups is 2. The minimum Gasteiger partial charge on any atom is -0.353 e. The van der Waals surface area contributed by atoms with Crippen LogP contribution in [0.25, 0.3) is 0 Å². The Morgan fingerprint density at radius 2 is 1.95 bits per heavy atom. The molecule has 6 heteroatoms. The highest BCUT2D eigenvalue weighted by Gasteiger charge is 2.20. The second-order valence-corrected chi connectivity index (χ2v) is 6.11. The molecular formula is C15H20BrN3O2. The van der Waals surface area contributed by atoms with Crippen LogP contribution >= 0.6 is 15.9 Å². The fourth-order valence-electron chi connectivity index (χ4n) is 1.88. The zero-order valence-corrected chi connectivity index (χ0v) is 13.4. The van der Waals surface area contributed by atoms with Gasteiger partial charge in [0.05, 0.1) is 6.54 Å². The van der Waals surface area contributed by atoms with Crippen molar-refractivity contribution in [1.82, 2.24) is 16.0 Å². The quantitative estimate of drug-likeness (QED) is 0.617. The average Bonchev–Trinajstić information content (AvgIpc) is 3.27. The molecule has 1 saturated carbocycles. The lowest BCUT2D eigenvalue weighted by Crippen LogP contribution is -2.39. The van der Waals surface area contributed by atoms with Gasteiger partial charge >= 0.3 is 0 Å². The van der Waals surface area contributed by atoms with E-state index >= 15 is 0 Å². The van der Waals surface area contributed by atoms with E-state index in [1.807, 2.05) is 12.1 Å². The second-order valence-electron chi connectivity index (χ2n) is 5.19. The number of benzene rings is 1. The first kappa shape index (κ1) is 16.0. The molecule has 2 rings (SSSR count). The number of hydrogen-bond donors (Lipinski definition) is 3. The molecular weight excluding hydrogens is 334 g/mol. The molecule has 0 spiro atoms. The summed E-state index contributed by atoms with van der Waals surface area (Å²) < 4.78 is 0.866. The number of carbonyl (C=O) groups excluding carboxylic acids is 2. The molecule has 1 aliphatic rings. The smallest absolute Gasteiger partial charge is 0.251 e. The molecule has 0 heterocycles. The van der Waals surface area contributed by atoms with Gasteiger partial charge in [-0.2, -0.15) is 0 Å². The average molecular weight is 354 g/mol. The van der Waals surface area contributed by atoms with Crippen molar-refractivity contribution in [1.29, 1.82) is 0 Å². The molecule has 2 amide bonds. The summed E-state index contributed by atoms with van der Waals surface area (Å²) in [6.07, 6.45) is 2.55. The maximum absolute atomic E-state index is 11.8. The topological polar surface area (TPSA) is 70.2 Å². The molecule has 1 aromatic carbocycles. The van der Waals surface area contributed by atoms with E-state index < -0.39 is 0 Å². The fourth-order valence-corrected chi connectivity index (χ4v) is 2.28. The number of halogens is 1. The van der Waals surface area contributed by atoms with Gasteiger partial charge in [0.15, 0.2) is 0 Å². The van der Waals surface area contributed by atoms with Gasteiger partial charge in [0.25, 0.3) is 5.91 Å². The summed E-state index contributed by atoms with van der Waals surface area (Å²) in [7, 11) is 0. The van der Waals surface area contributed by atoms with Crippen LogP contribution in [0.2, 0.25) is 0 Å². The van der Waals surface area contributed by atoms with Gasteiger partial charge in [0, 0.05) is 23.1 Å². The van der Waals surface area contributed by atoms with Crippen LogP contribution in [0.3, 0.4) is 0 Å². The lowest BCUT2D eigenvalue weighted by molar-refractivity contribution is -0.120. The van der Waals surface area contributed by atoms with Crippen molar-refractivity contribution in [3.05, 3.63) is 34.3 Å². The third kappa shape index (κ3) is 6.27. The van der Waals surface area contributed by atoms with Crippen molar-refractivity contribution in [2.45, 2.75) is 12.8 Å². The van der Waals surface area contributed by atoms with E-state index in [2.05, 4.69) is 31.9 Å². The number of nitrogens with one attached hydrogen (secondary N) is 3. The molecule has 21 heavy (non-hydrogen) atoms. The zero-order chi connectivity index (χ0) is 15.1. The summed E-state index contributed by atoms with van der Waals surface area (Å²) in [5, 5.41) is 8.66. The molecule has 1 aliphatic carbocycles. The highest BCUT2D eigenvalue weighted by Crippen LogP contribution is 2.27. The van der Waals surface area contributed by atoms with Gasteiger partial charge < -0.3 is 16.0 Å². The minimum atomic E-state index is -0.141. The van der Waals surface area contributed by atoms with Crippen LogP contribution in [-0.2, 0) is 4.79 Å². The van der Waals surface area contributed by atoms with Crippen LogP contribution in [-0.4, -0.2) is 38.0 Å². The maximum atomic E-state index is 11.8. The molecule has 1 aromatic rings. The number of amides is 2. The SMILES string of the molecule is O=C(CNCC1CC1)NCCNC(=O)c1cccc(Br)c1. The van der Waals surface area contributed by atoms with E-state index in [0.717, 1.165) is 16.9 Å². The normalized spacial score (nSPS) is 13.8. The van der Waals surface area contributed by atoms with Gasteiger partial charge in [0.2, 0.25) is 5.91 Å². The fraction of sp³-hybridized carbons (Fsp3) is 0.467. The molecule has 0 bridgehead atoms. The summed E-state index contributed by atoms with van der Waals surface area (Å²) >= 11 is 3.33. The Hall–Kier alpha value is -1.40.